The van der Waals surface area contributed by atoms with E-state index in [0.717, 1.165) is 19.0 Å². The van der Waals surface area contributed by atoms with Gasteiger partial charge in [0.1, 0.15) is 0 Å². The van der Waals surface area contributed by atoms with Crippen LogP contribution in [0.4, 0.5) is 0 Å². The second kappa shape index (κ2) is 7.19. The molecule has 1 aromatic heterocycles. The maximum absolute atomic E-state index is 4.40. The van der Waals surface area contributed by atoms with Crippen LogP contribution in [0, 0.1) is 5.92 Å². The molecular weight excluding hydrogens is 242 g/mol. The van der Waals surface area contributed by atoms with Crippen molar-refractivity contribution in [2.45, 2.75) is 45.7 Å². The van der Waals surface area contributed by atoms with Crippen molar-refractivity contribution in [3.05, 3.63) is 18.0 Å². The Labute approximate surface area is 115 Å². The number of nitrogens with one attached hydrogen (secondary N) is 1. The molecule has 1 aliphatic heterocycles. The second-order valence-electron chi connectivity index (χ2n) is 5.03. The lowest BCUT2D eigenvalue weighted by Crippen LogP contribution is -2.24. The fourth-order valence-electron chi connectivity index (χ4n) is 2.63. The fourth-order valence-corrected chi connectivity index (χ4v) is 3.84. The number of thioether (sulfide) groups is 1. The number of aryl methyl sites for hydroxylation is 1. The Morgan fingerprint density at radius 1 is 1.44 bits per heavy atom. The number of hydrogen-bond acceptors (Lipinski definition) is 3. The summed E-state index contributed by atoms with van der Waals surface area (Å²) in [5, 5.41) is 8.03. The highest BCUT2D eigenvalue weighted by Crippen LogP contribution is 2.30. The van der Waals surface area contributed by atoms with Crippen LogP contribution in [-0.4, -0.2) is 27.8 Å². The summed E-state index contributed by atoms with van der Waals surface area (Å²) < 4.78 is 2.02. The van der Waals surface area contributed by atoms with Gasteiger partial charge in [-0.25, -0.2) is 0 Å². The van der Waals surface area contributed by atoms with Crippen LogP contribution < -0.4 is 5.32 Å². The summed E-state index contributed by atoms with van der Waals surface area (Å²) in [4.78, 5) is 0. The number of aromatic nitrogens is 2. The standard InChI is InChI=1S/C14H25N3S/c1-3-15-14(9-12-5-7-18-8-6-12)13-10-16-17(4-2)11-13/h10-12,14-15H,3-9H2,1-2H3. The fraction of sp³-hybridized carbons (Fsp3) is 0.786. The first-order valence-electron chi connectivity index (χ1n) is 7.17. The summed E-state index contributed by atoms with van der Waals surface area (Å²) in [6, 6.07) is 0.489. The van der Waals surface area contributed by atoms with Gasteiger partial charge in [0.15, 0.2) is 0 Å². The van der Waals surface area contributed by atoms with Gasteiger partial charge in [-0.05, 0) is 50.2 Å². The number of nitrogens with zero attached hydrogens (tertiary/aromatic N) is 2. The molecule has 0 bridgehead atoms. The quantitative estimate of drug-likeness (QED) is 0.859. The molecule has 0 aliphatic carbocycles. The molecule has 102 valence electrons. The van der Waals surface area contributed by atoms with E-state index in [1.807, 2.05) is 10.9 Å². The highest BCUT2D eigenvalue weighted by molar-refractivity contribution is 7.99. The van der Waals surface area contributed by atoms with E-state index in [-0.39, 0.29) is 0 Å². The summed E-state index contributed by atoms with van der Waals surface area (Å²) in [6.07, 6.45) is 8.27. The zero-order chi connectivity index (χ0) is 12.8. The van der Waals surface area contributed by atoms with Crippen LogP contribution in [0.1, 0.15) is 44.7 Å². The normalized spacial score (nSPS) is 19.0. The van der Waals surface area contributed by atoms with E-state index in [1.54, 1.807) is 0 Å². The van der Waals surface area contributed by atoms with Crippen molar-refractivity contribution in [2.75, 3.05) is 18.1 Å². The molecule has 0 spiro atoms. The van der Waals surface area contributed by atoms with Crippen molar-refractivity contribution in [1.82, 2.24) is 15.1 Å². The van der Waals surface area contributed by atoms with Gasteiger partial charge >= 0.3 is 0 Å². The zero-order valence-corrected chi connectivity index (χ0v) is 12.4. The molecule has 2 rings (SSSR count). The molecule has 1 fully saturated rings. The predicted molar refractivity (Wildman–Crippen MR) is 79.0 cm³/mol. The van der Waals surface area contributed by atoms with Gasteiger partial charge in [0.25, 0.3) is 0 Å². The lowest BCUT2D eigenvalue weighted by molar-refractivity contribution is 0.374. The number of hydrogen-bond donors (Lipinski definition) is 1. The monoisotopic (exact) mass is 267 g/mol. The molecule has 0 saturated carbocycles. The Bertz CT molecular complexity index is 345. The summed E-state index contributed by atoms with van der Waals surface area (Å²) >= 11 is 2.11. The van der Waals surface area contributed by atoms with E-state index >= 15 is 0 Å². The molecule has 1 atom stereocenters. The van der Waals surface area contributed by atoms with Crippen molar-refractivity contribution in [3.63, 3.8) is 0 Å². The molecule has 1 aromatic rings. The van der Waals surface area contributed by atoms with Crippen LogP contribution in [0.3, 0.4) is 0 Å². The Kier molecular flexibility index (Phi) is 5.57. The maximum atomic E-state index is 4.40. The maximum Gasteiger partial charge on any atom is 0.0537 e. The van der Waals surface area contributed by atoms with Crippen LogP contribution in [0.25, 0.3) is 0 Å². The van der Waals surface area contributed by atoms with Crippen LogP contribution >= 0.6 is 11.8 Å². The molecule has 1 N–H and O–H groups in total. The average molecular weight is 267 g/mol. The van der Waals surface area contributed by atoms with Crippen molar-refractivity contribution in [2.24, 2.45) is 5.92 Å². The van der Waals surface area contributed by atoms with Gasteiger partial charge in [0, 0.05) is 24.3 Å². The van der Waals surface area contributed by atoms with E-state index in [0.29, 0.717) is 6.04 Å². The predicted octanol–water partition coefficient (Wildman–Crippen LogP) is 3.09. The Morgan fingerprint density at radius 3 is 2.83 bits per heavy atom. The Balaban J connectivity index is 1.97. The van der Waals surface area contributed by atoms with Crippen molar-refractivity contribution >= 4 is 11.8 Å². The van der Waals surface area contributed by atoms with E-state index in [4.69, 9.17) is 0 Å². The molecule has 4 heteroatoms. The molecule has 18 heavy (non-hydrogen) atoms. The first-order valence-corrected chi connectivity index (χ1v) is 8.32. The minimum atomic E-state index is 0.489. The van der Waals surface area contributed by atoms with Gasteiger partial charge in [0.2, 0.25) is 0 Å². The van der Waals surface area contributed by atoms with Crippen LogP contribution in [0.2, 0.25) is 0 Å². The van der Waals surface area contributed by atoms with Gasteiger partial charge in [-0.3, -0.25) is 4.68 Å². The highest BCUT2D eigenvalue weighted by atomic mass is 32.2. The lowest BCUT2D eigenvalue weighted by Gasteiger charge is -2.26. The van der Waals surface area contributed by atoms with E-state index in [9.17, 15) is 0 Å². The summed E-state index contributed by atoms with van der Waals surface area (Å²) in [5.74, 6) is 3.58. The van der Waals surface area contributed by atoms with Gasteiger partial charge in [0.05, 0.1) is 6.20 Å². The van der Waals surface area contributed by atoms with Crippen LogP contribution in [-0.2, 0) is 6.54 Å². The summed E-state index contributed by atoms with van der Waals surface area (Å²) in [5.41, 5.74) is 1.36. The minimum Gasteiger partial charge on any atom is -0.310 e. The molecule has 2 heterocycles. The molecular formula is C14H25N3S. The SMILES string of the molecule is CCNC(CC1CCSCC1)c1cnn(CC)c1. The lowest BCUT2D eigenvalue weighted by atomic mass is 9.92. The van der Waals surface area contributed by atoms with Crippen LogP contribution in [0.5, 0.6) is 0 Å². The Morgan fingerprint density at radius 2 is 2.22 bits per heavy atom. The Hall–Kier alpha value is -0.480. The topological polar surface area (TPSA) is 29.9 Å². The molecule has 0 radical (unpaired) electrons. The summed E-state index contributed by atoms with van der Waals surface area (Å²) in [7, 11) is 0. The molecule has 1 saturated heterocycles. The minimum absolute atomic E-state index is 0.489. The third kappa shape index (κ3) is 3.75. The molecule has 0 amide bonds. The number of rotatable bonds is 6. The molecule has 3 nitrogen and oxygen atoms in total. The highest BCUT2D eigenvalue weighted by Gasteiger charge is 2.20. The van der Waals surface area contributed by atoms with Gasteiger partial charge < -0.3 is 5.32 Å². The van der Waals surface area contributed by atoms with Gasteiger partial charge in [-0.2, -0.15) is 16.9 Å². The van der Waals surface area contributed by atoms with E-state index in [1.165, 1.54) is 36.3 Å². The third-order valence-corrected chi connectivity index (χ3v) is 4.79. The third-order valence-electron chi connectivity index (χ3n) is 3.74. The molecule has 0 aromatic carbocycles. The first-order chi connectivity index (χ1) is 8.83. The van der Waals surface area contributed by atoms with Crippen molar-refractivity contribution < 1.29 is 0 Å². The molecule has 1 unspecified atom stereocenters. The van der Waals surface area contributed by atoms with E-state index < -0.39 is 0 Å². The molecule has 1 aliphatic rings. The van der Waals surface area contributed by atoms with Gasteiger partial charge in [-0.1, -0.05) is 6.92 Å². The van der Waals surface area contributed by atoms with Crippen LogP contribution in [0.15, 0.2) is 12.4 Å². The zero-order valence-electron chi connectivity index (χ0n) is 11.6. The van der Waals surface area contributed by atoms with E-state index in [2.05, 4.69) is 42.2 Å². The van der Waals surface area contributed by atoms with Crippen molar-refractivity contribution in [3.8, 4) is 0 Å². The second-order valence-corrected chi connectivity index (χ2v) is 6.26. The average Bonchev–Trinajstić information content (AvgIpc) is 2.88. The summed E-state index contributed by atoms with van der Waals surface area (Å²) in [6.45, 7) is 6.31. The smallest absolute Gasteiger partial charge is 0.0537 e. The van der Waals surface area contributed by atoms with Crippen molar-refractivity contribution in [1.29, 1.82) is 0 Å². The van der Waals surface area contributed by atoms with Gasteiger partial charge in [-0.15, -0.1) is 0 Å². The first kappa shape index (κ1) is 13.9. The largest absolute Gasteiger partial charge is 0.310 e.